The molecule has 1 aromatic rings. The summed E-state index contributed by atoms with van der Waals surface area (Å²) in [6.07, 6.45) is -4.14. The summed E-state index contributed by atoms with van der Waals surface area (Å²) >= 11 is 1.21. The van der Waals surface area contributed by atoms with Gasteiger partial charge in [-0.2, -0.15) is 13.2 Å². The van der Waals surface area contributed by atoms with Gasteiger partial charge in [-0.3, -0.25) is 4.79 Å². The molecule has 0 aliphatic rings. The Balaban J connectivity index is 2.66. The van der Waals surface area contributed by atoms with Crippen LogP contribution in [-0.2, 0) is 0 Å². The summed E-state index contributed by atoms with van der Waals surface area (Å²) in [5, 5.41) is 11.2. The van der Waals surface area contributed by atoms with Crippen LogP contribution >= 0.6 is 11.8 Å². The van der Waals surface area contributed by atoms with Gasteiger partial charge in [0, 0.05) is 6.20 Å². The predicted molar refractivity (Wildman–Crippen MR) is 60.4 cm³/mol. The third kappa shape index (κ3) is 3.88. The van der Waals surface area contributed by atoms with Gasteiger partial charge in [0.25, 0.3) is 5.91 Å². The number of carbonyl (C=O) groups is 1. The van der Waals surface area contributed by atoms with Gasteiger partial charge in [-0.05, 0) is 18.4 Å². The number of amides is 1. The third-order valence-electron chi connectivity index (χ3n) is 2.04. The zero-order chi connectivity index (χ0) is 13.8. The van der Waals surface area contributed by atoms with E-state index in [0.29, 0.717) is 5.03 Å². The molecule has 18 heavy (non-hydrogen) atoms. The van der Waals surface area contributed by atoms with E-state index in [0.717, 1.165) is 0 Å². The van der Waals surface area contributed by atoms with E-state index in [2.05, 4.69) is 4.98 Å². The van der Waals surface area contributed by atoms with Gasteiger partial charge < -0.3 is 10.4 Å². The van der Waals surface area contributed by atoms with E-state index >= 15 is 0 Å². The number of aromatic nitrogens is 1. The van der Waals surface area contributed by atoms with Gasteiger partial charge in [-0.1, -0.05) is 0 Å². The molecule has 0 spiro atoms. The Morgan fingerprint density at radius 1 is 1.61 bits per heavy atom. The number of nitrogens with zero attached hydrogens (tertiary/aromatic N) is 1. The molecule has 0 saturated carbocycles. The number of thioether (sulfide) groups is 1. The van der Waals surface area contributed by atoms with Gasteiger partial charge in [0.05, 0.1) is 12.1 Å². The minimum Gasteiger partial charge on any atom is -0.382 e. The Hall–Kier alpha value is -1.28. The average molecular weight is 280 g/mol. The predicted octanol–water partition coefficient (Wildman–Crippen LogP) is 1.46. The highest BCUT2D eigenvalue weighted by Gasteiger charge is 2.38. The first kappa shape index (κ1) is 14.8. The maximum absolute atomic E-state index is 12.0. The van der Waals surface area contributed by atoms with Crippen molar-refractivity contribution < 1.29 is 23.1 Å². The fraction of sp³-hybridized carbons (Fsp3) is 0.400. The number of carbonyl (C=O) groups excluding carboxylic acids is 1. The van der Waals surface area contributed by atoms with Crippen molar-refractivity contribution in [1.82, 2.24) is 10.3 Å². The van der Waals surface area contributed by atoms with Crippen molar-refractivity contribution >= 4 is 17.7 Å². The van der Waals surface area contributed by atoms with E-state index in [4.69, 9.17) is 5.11 Å². The van der Waals surface area contributed by atoms with Crippen LogP contribution in [0.4, 0.5) is 13.2 Å². The lowest BCUT2D eigenvalue weighted by Crippen LogP contribution is -2.40. The second kappa shape index (κ2) is 6.05. The summed E-state index contributed by atoms with van der Waals surface area (Å²) in [5.41, 5.74) is 0.180. The molecular formula is C10H11F3N2O2S. The summed E-state index contributed by atoms with van der Waals surface area (Å²) in [6, 6.07) is 2.96. The molecule has 0 aliphatic carbocycles. The molecule has 1 heterocycles. The molecule has 1 rings (SSSR count). The summed E-state index contributed by atoms with van der Waals surface area (Å²) in [7, 11) is 0. The van der Waals surface area contributed by atoms with Gasteiger partial charge >= 0.3 is 6.18 Å². The zero-order valence-electron chi connectivity index (χ0n) is 9.36. The standard InChI is InChI=1S/C10H11F3N2O2S/c1-18-9-6(3-2-4-14-9)8(17)15-5-7(16)10(11,12)13/h2-4,7,16H,5H2,1H3,(H,15,17). The van der Waals surface area contributed by atoms with Crippen molar-refractivity contribution in [1.29, 1.82) is 0 Å². The van der Waals surface area contributed by atoms with Crippen LogP contribution in [0.15, 0.2) is 23.4 Å². The first-order chi connectivity index (χ1) is 8.36. The van der Waals surface area contributed by atoms with Crippen LogP contribution in [0.1, 0.15) is 10.4 Å². The number of aliphatic hydroxyl groups excluding tert-OH is 1. The number of alkyl halides is 3. The van der Waals surface area contributed by atoms with Crippen molar-refractivity contribution in [2.24, 2.45) is 0 Å². The zero-order valence-corrected chi connectivity index (χ0v) is 10.2. The number of hydrogen-bond acceptors (Lipinski definition) is 4. The lowest BCUT2D eigenvalue weighted by molar-refractivity contribution is -0.201. The molecule has 1 amide bonds. The summed E-state index contributed by atoms with van der Waals surface area (Å²) < 4.78 is 36.1. The Morgan fingerprint density at radius 2 is 2.28 bits per heavy atom. The number of pyridine rings is 1. The minimum atomic E-state index is -4.75. The molecule has 0 fully saturated rings. The fourth-order valence-corrected chi connectivity index (χ4v) is 1.67. The highest BCUT2D eigenvalue weighted by Crippen LogP contribution is 2.20. The van der Waals surface area contributed by atoms with Gasteiger partial charge in [0.1, 0.15) is 5.03 Å². The van der Waals surface area contributed by atoms with E-state index in [-0.39, 0.29) is 5.56 Å². The van der Waals surface area contributed by atoms with E-state index in [1.165, 1.54) is 30.1 Å². The highest BCUT2D eigenvalue weighted by atomic mass is 32.2. The van der Waals surface area contributed by atoms with E-state index < -0.39 is 24.7 Å². The molecule has 0 saturated heterocycles. The van der Waals surface area contributed by atoms with E-state index in [9.17, 15) is 18.0 Å². The smallest absolute Gasteiger partial charge is 0.382 e. The van der Waals surface area contributed by atoms with Crippen molar-refractivity contribution in [3.8, 4) is 0 Å². The Kier molecular flexibility index (Phi) is 4.97. The Labute approximate surface area is 106 Å². The highest BCUT2D eigenvalue weighted by molar-refractivity contribution is 7.98. The lowest BCUT2D eigenvalue weighted by Gasteiger charge is -2.15. The third-order valence-corrected chi connectivity index (χ3v) is 2.75. The molecule has 0 aromatic carbocycles. The molecule has 100 valence electrons. The van der Waals surface area contributed by atoms with Gasteiger partial charge in [-0.25, -0.2) is 4.98 Å². The summed E-state index contributed by atoms with van der Waals surface area (Å²) in [6.45, 7) is -0.884. The molecule has 4 nitrogen and oxygen atoms in total. The van der Waals surface area contributed by atoms with Gasteiger partial charge in [0.2, 0.25) is 0 Å². The first-order valence-electron chi connectivity index (χ1n) is 4.88. The number of nitrogens with one attached hydrogen (secondary N) is 1. The molecule has 1 unspecified atom stereocenters. The largest absolute Gasteiger partial charge is 0.416 e. The molecule has 0 radical (unpaired) electrons. The SMILES string of the molecule is CSc1ncccc1C(=O)NCC(O)C(F)(F)F. The van der Waals surface area contributed by atoms with Crippen molar-refractivity contribution in [2.45, 2.75) is 17.3 Å². The lowest BCUT2D eigenvalue weighted by atomic mass is 10.2. The van der Waals surface area contributed by atoms with Crippen molar-refractivity contribution in [3.63, 3.8) is 0 Å². The van der Waals surface area contributed by atoms with Crippen LogP contribution < -0.4 is 5.32 Å². The molecule has 0 bridgehead atoms. The maximum atomic E-state index is 12.0. The maximum Gasteiger partial charge on any atom is 0.416 e. The van der Waals surface area contributed by atoms with Crippen LogP contribution in [-0.4, -0.2) is 41.1 Å². The topological polar surface area (TPSA) is 62.2 Å². The number of halogens is 3. The Bertz CT molecular complexity index is 426. The van der Waals surface area contributed by atoms with Crippen LogP contribution in [0.2, 0.25) is 0 Å². The summed E-state index contributed by atoms with van der Waals surface area (Å²) in [5.74, 6) is -0.698. The molecule has 2 N–H and O–H groups in total. The van der Waals surface area contributed by atoms with Crippen molar-refractivity contribution in [3.05, 3.63) is 23.9 Å². The van der Waals surface area contributed by atoms with E-state index in [1.54, 1.807) is 6.26 Å². The van der Waals surface area contributed by atoms with Crippen LogP contribution in [0.3, 0.4) is 0 Å². The van der Waals surface area contributed by atoms with Crippen molar-refractivity contribution in [2.75, 3.05) is 12.8 Å². The number of rotatable bonds is 4. The monoisotopic (exact) mass is 280 g/mol. The quantitative estimate of drug-likeness (QED) is 0.820. The molecular weight excluding hydrogens is 269 g/mol. The number of aliphatic hydroxyl groups is 1. The Morgan fingerprint density at radius 3 is 2.83 bits per heavy atom. The minimum absolute atomic E-state index is 0.180. The first-order valence-corrected chi connectivity index (χ1v) is 6.10. The molecule has 1 atom stereocenters. The molecule has 1 aromatic heterocycles. The van der Waals surface area contributed by atoms with E-state index in [1.807, 2.05) is 5.32 Å². The van der Waals surface area contributed by atoms with Crippen LogP contribution in [0.5, 0.6) is 0 Å². The summed E-state index contributed by atoms with van der Waals surface area (Å²) in [4.78, 5) is 15.5. The second-order valence-corrected chi connectivity index (χ2v) is 4.12. The average Bonchev–Trinajstić information content (AvgIpc) is 2.34. The van der Waals surface area contributed by atoms with Gasteiger partial charge in [-0.15, -0.1) is 11.8 Å². The molecule has 0 aliphatic heterocycles. The van der Waals surface area contributed by atoms with Gasteiger partial charge in [0.15, 0.2) is 6.10 Å². The van der Waals surface area contributed by atoms with Crippen LogP contribution in [0, 0.1) is 0 Å². The molecule has 8 heteroatoms. The fourth-order valence-electron chi connectivity index (χ4n) is 1.13. The second-order valence-electron chi connectivity index (χ2n) is 3.33. The normalized spacial score (nSPS) is 13.2. The van der Waals surface area contributed by atoms with Crippen LogP contribution in [0.25, 0.3) is 0 Å². The number of hydrogen-bond donors (Lipinski definition) is 2.